The molecule has 0 unspecified atom stereocenters. The molecule has 2 N–H and O–H groups in total. The lowest BCUT2D eigenvalue weighted by atomic mass is 10.0. The zero-order valence-corrected chi connectivity index (χ0v) is 13.9. The molecule has 7 heteroatoms. The first-order chi connectivity index (χ1) is 10.2. The van der Waals surface area contributed by atoms with E-state index in [1.807, 2.05) is 13.0 Å². The average Bonchev–Trinajstić information content (AvgIpc) is 2.72. The predicted octanol–water partition coefficient (Wildman–Crippen LogP) is 1.19. The zero-order chi connectivity index (χ0) is 16.4. The van der Waals surface area contributed by atoms with Crippen LogP contribution in [0.5, 0.6) is 5.75 Å². The number of ether oxygens (including phenoxy) is 1. The van der Waals surface area contributed by atoms with E-state index in [4.69, 9.17) is 4.74 Å². The van der Waals surface area contributed by atoms with Crippen LogP contribution in [0.2, 0.25) is 0 Å². The Morgan fingerprint density at radius 1 is 1.36 bits per heavy atom. The Hall–Kier alpha value is -1.60. The maximum Gasteiger partial charge on any atom is 0.241 e. The van der Waals surface area contributed by atoms with Crippen LogP contribution in [0.4, 0.5) is 5.69 Å². The molecule has 1 saturated heterocycles. The topological polar surface area (TPSA) is 84.5 Å². The maximum atomic E-state index is 12.3. The lowest BCUT2D eigenvalue weighted by Gasteiger charge is -2.28. The largest absolute Gasteiger partial charge is 0.495 e. The fourth-order valence-corrected chi connectivity index (χ4v) is 4.81. The summed E-state index contributed by atoms with van der Waals surface area (Å²) in [6.07, 6.45) is 0.515. The monoisotopic (exact) mass is 326 g/mol. The summed E-state index contributed by atoms with van der Waals surface area (Å²) >= 11 is 0. The number of hydrogen-bond donors (Lipinski definition) is 2. The smallest absolute Gasteiger partial charge is 0.241 e. The number of benzene rings is 1. The molecular weight excluding hydrogens is 304 g/mol. The van der Waals surface area contributed by atoms with Gasteiger partial charge in [-0.25, -0.2) is 8.42 Å². The number of para-hydroxylation sites is 2. The van der Waals surface area contributed by atoms with Crippen molar-refractivity contribution in [1.29, 1.82) is 0 Å². The minimum Gasteiger partial charge on any atom is -0.495 e. The first kappa shape index (κ1) is 16.8. The summed E-state index contributed by atoms with van der Waals surface area (Å²) < 4.78 is 28.4. The van der Waals surface area contributed by atoms with E-state index in [1.54, 1.807) is 25.1 Å². The van der Waals surface area contributed by atoms with Crippen molar-refractivity contribution >= 4 is 21.4 Å². The van der Waals surface area contributed by atoms with Crippen LogP contribution in [-0.2, 0) is 14.6 Å². The number of amides is 1. The Kier molecular flexibility index (Phi) is 4.77. The Balaban J connectivity index is 2.01. The summed E-state index contributed by atoms with van der Waals surface area (Å²) in [5.74, 6) is 0.580. The van der Waals surface area contributed by atoms with E-state index < -0.39 is 21.4 Å². The molecule has 0 aliphatic carbocycles. The molecule has 6 nitrogen and oxygen atoms in total. The standard InChI is InChI=1S/C15H22N2O4S/c1-11(17-15(2)8-9-22(19,20)10-15)14(18)16-12-6-4-5-7-13(12)21-3/h4-7,11,17H,8-10H2,1-3H3,(H,16,18)/t11-,15-/m1/s1. The molecule has 2 rings (SSSR count). The van der Waals surface area contributed by atoms with Crippen LogP contribution in [0.1, 0.15) is 20.3 Å². The second kappa shape index (κ2) is 6.26. The van der Waals surface area contributed by atoms with E-state index in [2.05, 4.69) is 10.6 Å². The van der Waals surface area contributed by atoms with Gasteiger partial charge < -0.3 is 10.1 Å². The molecule has 122 valence electrons. The van der Waals surface area contributed by atoms with E-state index >= 15 is 0 Å². The zero-order valence-electron chi connectivity index (χ0n) is 13.0. The molecule has 0 radical (unpaired) electrons. The molecule has 22 heavy (non-hydrogen) atoms. The lowest BCUT2D eigenvalue weighted by Crippen LogP contribution is -2.52. The molecule has 0 aromatic heterocycles. The molecule has 1 aliphatic heterocycles. The SMILES string of the molecule is COc1ccccc1NC(=O)[C@@H](C)N[C@]1(C)CCS(=O)(=O)C1. The molecule has 1 fully saturated rings. The van der Waals surface area contributed by atoms with Crippen molar-refractivity contribution in [2.45, 2.75) is 31.8 Å². The molecule has 2 atom stereocenters. The molecule has 1 aromatic carbocycles. The highest BCUT2D eigenvalue weighted by Crippen LogP contribution is 2.25. The van der Waals surface area contributed by atoms with Gasteiger partial charge in [0.2, 0.25) is 5.91 Å². The molecule has 0 spiro atoms. The van der Waals surface area contributed by atoms with Gasteiger partial charge in [0, 0.05) is 5.54 Å². The van der Waals surface area contributed by atoms with Gasteiger partial charge in [0.25, 0.3) is 0 Å². The first-order valence-electron chi connectivity index (χ1n) is 7.17. The fourth-order valence-electron chi connectivity index (χ4n) is 2.70. The second-order valence-electron chi connectivity index (χ2n) is 5.96. The Morgan fingerprint density at radius 3 is 2.64 bits per heavy atom. The van der Waals surface area contributed by atoms with Gasteiger partial charge in [-0.05, 0) is 32.4 Å². The third-order valence-corrected chi connectivity index (χ3v) is 5.73. The van der Waals surface area contributed by atoms with E-state index in [0.717, 1.165) is 0 Å². The highest BCUT2D eigenvalue weighted by Gasteiger charge is 2.39. The summed E-state index contributed by atoms with van der Waals surface area (Å²) in [4.78, 5) is 12.3. The third-order valence-electron chi connectivity index (χ3n) is 3.83. The molecular formula is C15H22N2O4S. The van der Waals surface area contributed by atoms with Crippen molar-refractivity contribution in [1.82, 2.24) is 5.32 Å². The lowest BCUT2D eigenvalue weighted by molar-refractivity contribution is -0.118. The number of carbonyl (C=O) groups excluding carboxylic acids is 1. The van der Waals surface area contributed by atoms with E-state index in [0.29, 0.717) is 17.9 Å². The molecule has 0 saturated carbocycles. The number of anilines is 1. The number of hydrogen-bond acceptors (Lipinski definition) is 5. The van der Waals surface area contributed by atoms with Crippen molar-refractivity contribution in [3.05, 3.63) is 24.3 Å². The summed E-state index contributed by atoms with van der Waals surface area (Å²) in [6.45, 7) is 3.56. The van der Waals surface area contributed by atoms with Crippen LogP contribution in [0.15, 0.2) is 24.3 Å². The minimum atomic E-state index is -3.01. The number of rotatable bonds is 5. The predicted molar refractivity (Wildman–Crippen MR) is 85.9 cm³/mol. The van der Waals surface area contributed by atoms with Gasteiger partial charge in [-0.15, -0.1) is 0 Å². The average molecular weight is 326 g/mol. The maximum absolute atomic E-state index is 12.3. The van der Waals surface area contributed by atoms with Crippen molar-refractivity contribution in [2.75, 3.05) is 23.9 Å². The van der Waals surface area contributed by atoms with Gasteiger partial charge in [-0.3, -0.25) is 10.1 Å². The summed E-state index contributed by atoms with van der Waals surface area (Å²) in [5, 5.41) is 5.93. The number of carbonyl (C=O) groups is 1. The van der Waals surface area contributed by atoms with Crippen molar-refractivity contribution in [3.63, 3.8) is 0 Å². The molecule has 1 heterocycles. The third kappa shape index (κ3) is 3.98. The normalized spacial score (nSPS) is 24.7. The number of sulfone groups is 1. The number of nitrogens with one attached hydrogen (secondary N) is 2. The van der Waals surface area contributed by atoms with Crippen LogP contribution >= 0.6 is 0 Å². The molecule has 1 aromatic rings. The summed E-state index contributed by atoms with van der Waals surface area (Å²) in [7, 11) is -1.47. The van der Waals surface area contributed by atoms with Crippen molar-refractivity contribution in [2.24, 2.45) is 0 Å². The van der Waals surface area contributed by atoms with E-state index in [1.165, 1.54) is 7.11 Å². The highest BCUT2D eigenvalue weighted by molar-refractivity contribution is 7.91. The Labute approximate surface area is 131 Å². The molecule has 0 bridgehead atoms. The second-order valence-corrected chi connectivity index (χ2v) is 8.14. The highest BCUT2D eigenvalue weighted by atomic mass is 32.2. The van der Waals surface area contributed by atoms with E-state index in [-0.39, 0.29) is 17.4 Å². The van der Waals surface area contributed by atoms with Gasteiger partial charge in [-0.1, -0.05) is 12.1 Å². The van der Waals surface area contributed by atoms with Crippen LogP contribution < -0.4 is 15.4 Å². The van der Waals surface area contributed by atoms with E-state index in [9.17, 15) is 13.2 Å². The summed E-state index contributed by atoms with van der Waals surface area (Å²) in [5.41, 5.74) is 0.0314. The van der Waals surface area contributed by atoms with Gasteiger partial charge in [0.1, 0.15) is 5.75 Å². The van der Waals surface area contributed by atoms with Gasteiger partial charge in [-0.2, -0.15) is 0 Å². The van der Waals surface area contributed by atoms with Crippen molar-refractivity contribution in [3.8, 4) is 5.75 Å². The number of methoxy groups -OCH3 is 1. The van der Waals surface area contributed by atoms with Crippen LogP contribution in [0, 0.1) is 0 Å². The Bertz CT molecular complexity index is 659. The first-order valence-corrected chi connectivity index (χ1v) is 8.99. The van der Waals surface area contributed by atoms with Crippen LogP contribution in [0.25, 0.3) is 0 Å². The quantitative estimate of drug-likeness (QED) is 0.849. The molecule has 1 amide bonds. The van der Waals surface area contributed by atoms with Crippen LogP contribution in [0.3, 0.4) is 0 Å². The van der Waals surface area contributed by atoms with Gasteiger partial charge >= 0.3 is 0 Å². The Morgan fingerprint density at radius 2 is 2.05 bits per heavy atom. The van der Waals surface area contributed by atoms with Gasteiger partial charge in [0.05, 0.1) is 30.3 Å². The summed E-state index contributed by atoms with van der Waals surface area (Å²) in [6, 6.07) is 6.63. The minimum absolute atomic E-state index is 0.0618. The molecule has 1 aliphatic rings. The van der Waals surface area contributed by atoms with Crippen LogP contribution in [-0.4, -0.2) is 44.5 Å². The van der Waals surface area contributed by atoms with Gasteiger partial charge in [0.15, 0.2) is 9.84 Å². The van der Waals surface area contributed by atoms with Crippen molar-refractivity contribution < 1.29 is 17.9 Å². The fraction of sp³-hybridized carbons (Fsp3) is 0.533.